The minimum absolute atomic E-state index is 0.135. The summed E-state index contributed by atoms with van der Waals surface area (Å²) in [6.07, 6.45) is 0.00976. The van der Waals surface area contributed by atoms with Gasteiger partial charge in [-0.15, -0.1) is 0 Å². The van der Waals surface area contributed by atoms with E-state index >= 15 is 0 Å². The Kier molecular flexibility index (Phi) is 11.4. The van der Waals surface area contributed by atoms with Crippen LogP contribution in [0.4, 0.5) is 0 Å². The number of carboxylic acid groups (broad SMARTS) is 1. The van der Waals surface area contributed by atoms with Gasteiger partial charge in [-0.25, -0.2) is 0 Å². The van der Waals surface area contributed by atoms with Gasteiger partial charge in [0, 0.05) is 6.42 Å². The van der Waals surface area contributed by atoms with Crippen molar-refractivity contribution in [1.29, 1.82) is 0 Å². The van der Waals surface area contributed by atoms with Crippen LogP contribution in [0.3, 0.4) is 0 Å². The van der Waals surface area contributed by atoms with E-state index in [0.717, 1.165) is 0 Å². The van der Waals surface area contributed by atoms with E-state index in [1.54, 1.807) is 0 Å². The molecular formula is C16H29N5O7. The first kappa shape index (κ1) is 25.3. The average molecular weight is 403 g/mol. The van der Waals surface area contributed by atoms with Gasteiger partial charge in [0.2, 0.25) is 23.6 Å². The average Bonchev–Trinajstić information content (AvgIpc) is 2.59. The monoisotopic (exact) mass is 403 g/mol. The van der Waals surface area contributed by atoms with Crippen LogP contribution < -0.4 is 27.4 Å². The Morgan fingerprint density at radius 2 is 1.54 bits per heavy atom. The Bertz CT molecular complexity index is 582. The van der Waals surface area contributed by atoms with Crippen LogP contribution in [-0.2, 0) is 24.0 Å². The number of carboxylic acids is 1. The number of carbonyl (C=O) groups is 5. The number of nitrogens with two attached hydrogens (primary N) is 2. The van der Waals surface area contributed by atoms with E-state index in [-0.39, 0.29) is 18.8 Å². The standard InChI is InChI=1S/C16H29N5O7/c1-8(2)5-9(17)14(26)20-10(3-4-12(18)23)16(28)21-11(7-22)15(27)19-6-13(24)25/h8-11,22H,3-7,17H2,1-2H3,(H2,18,23)(H,19,27)(H,20,26)(H,21,28)(H,24,25). The quantitative estimate of drug-likeness (QED) is 0.166. The van der Waals surface area contributed by atoms with E-state index in [2.05, 4.69) is 10.6 Å². The van der Waals surface area contributed by atoms with Crippen LogP contribution in [0.25, 0.3) is 0 Å². The Hall–Kier alpha value is -2.73. The molecular weight excluding hydrogens is 374 g/mol. The molecule has 0 aliphatic heterocycles. The number of nitrogens with one attached hydrogen (secondary N) is 3. The fraction of sp³-hybridized carbons (Fsp3) is 0.688. The van der Waals surface area contributed by atoms with Gasteiger partial charge < -0.3 is 37.6 Å². The van der Waals surface area contributed by atoms with E-state index < -0.39 is 60.9 Å². The predicted molar refractivity (Wildman–Crippen MR) is 97.5 cm³/mol. The topological polar surface area (TPSA) is 214 Å². The fourth-order valence-corrected chi connectivity index (χ4v) is 2.20. The van der Waals surface area contributed by atoms with Crippen molar-refractivity contribution in [1.82, 2.24) is 16.0 Å². The molecule has 0 radical (unpaired) electrons. The van der Waals surface area contributed by atoms with Gasteiger partial charge in [-0.3, -0.25) is 24.0 Å². The van der Waals surface area contributed by atoms with Crippen molar-refractivity contribution in [2.24, 2.45) is 17.4 Å². The predicted octanol–water partition coefficient (Wildman–Crippen LogP) is -3.21. The molecule has 0 aromatic rings. The van der Waals surface area contributed by atoms with E-state index in [1.165, 1.54) is 0 Å². The second kappa shape index (κ2) is 12.6. The highest BCUT2D eigenvalue weighted by atomic mass is 16.4. The van der Waals surface area contributed by atoms with Crippen molar-refractivity contribution >= 4 is 29.6 Å². The maximum absolute atomic E-state index is 12.4. The van der Waals surface area contributed by atoms with E-state index in [1.807, 2.05) is 19.2 Å². The van der Waals surface area contributed by atoms with Crippen LogP contribution in [-0.4, -0.2) is 71.1 Å². The van der Waals surface area contributed by atoms with Crippen molar-refractivity contribution < 1.29 is 34.2 Å². The lowest BCUT2D eigenvalue weighted by Gasteiger charge is -2.23. The summed E-state index contributed by atoms with van der Waals surface area (Å²) in [6.45, 7) is 2.23. The minimum atomic E-state index is -1.44. The lowest BCUT2D eigenvalue weighted by Crippen LogP contribution is -2.57. The Morgan fingerprint density at radius 1 is 0.964 bits per heavy atom. The molecule has 4 amide bonds. The van der Waals surface area contributed by atoms with Crippen LogP contribution >= 0.6 is 0 Å². The summed E-state index contributed by atoms with van der Waals surface area (Å²) in [5.74, 6) is -4.26. The zero-order valence-corrected chi connectivity index (χ0v) is 15.9. The molecule has 160 valence electrons. The van der Waals surface area contributed by atoms with Crippen molar-refractivity contribution in [2.45, 2.75) is 51.2 Å². The molecule has 12 nitrogen and oxygen atoms in total. The Balaban J connectivity index is 5.07. The molecule has 0 saturated carbocycles. The van der Waals surface area contributed by atoms with Gasteiger partial charge in [-0.2, -0.15) is 0 Å². The van der Waals surface area contributed by atoms with Crippen LogP contribution in [0.2, 0.25) is 0 Å². The number of primary amides is 1. The molecule has 0 saturated heterocycles. The number of amides is 4. The number of hydrogen-bond donors (Lipinski definition) is 7. The van der Waals surface area contributed by atoms with E-state index in [0.29, 0.717) is 6.42 Å². The van der Waals surface area contributed by atoms with E-state index in [4.69, 9.17) is 16.6 Å². The second-order valence-corrected chi connectivity index (χ2v) is 6.66. The highest BCUT2D eigenvalue weighted by Gasteiger charge is 2.28. The fourth-order valence-electron chi connectivity index (χ4n) is 2.20. The maximum Gasteiger partial charge on any atom is 0.322 e. The number of carbonyl (C=O) groups excluding carboxylic acids is 4. The van der Waals surface area contributed by atoms with Crippen LogP contribution in [0.15, 0.2) is 0 Å². The molecule has 0 fully saturated rings. The minimum Gasteiger partial charge on any atom is -0.480 e. The number of hydrogen-bond acceptors (Lipinski definition) is 7. The molecule has 0 aliphatic carbocycles. The van der Waals surface area contributed by atoms with Crippen LogP contribution in [0.5, 0.6) is 0 Å². The Labute approximate surface area is 162 Å². The Morgan fingerprint density at radius 3 is 2.00 bits per heavy atom. The molecule has 0 spiro atoms. The second-order valence-electron chi connectivity index (χ2n) is 6.66. The maximum atomic E-state index is 12.4. The molecule has 0 rings (SSSR count). The molecule has 9 N–H and O–H groups in total. The summed E-state index contributed by atoms with van der Waals surface area (Å²) in [7, 11) is 0. The highest BCUT2D eigenvalue weighted by molar-refractivity contribution is 5.94. The lowest BCUT2D eigenvalue weighted by atomic mass is 10.0. The van der Waals surface area contributed by atoms with Gasteiger partial charge in [0.25, 0.3) is 0 Å². The first-order chi connectivity index (χ1) is 13.0. The number of aliphatic carboxylic acids is 1. The van der Waals surface area contributed by atoms with Crippen LogP contribution in [0, 0.1) is 5.92 Å². The highest BCUT2D eigenvalue weighted by Crippen LogP contribution is 2.05. The molecule has 12 heteroatoms. The number of aliphatic hydroxyl groups excluding tert-OH is 1. The lowest BCUT2D eigenvalue weighted by molar-refractivity contribution is -0.139. The van der Waals surface area contributed by atoms with Gasteiger partial charge in [0.1, 0.15) is 18.6 Å². The van der Waals surface area contributed by atoms with Crippen molar-refractivity contribution in [3.05, 3.63) is 0 Å². The number of aliphatic hydroxyl groups is 1. The third kappa shape index (κ3) is 10.4. The zero-order chi connectivity index (χ0) is 21.9. The normalized spacial score (nSPS) is 13.9. The molecule has 0 aromatic carbocycles. The summed E-state index contributed by atoms with van der Waals surface area (Å²) in [5, 5.41) is 24.4. The summed E-state index contributed by atoms with van der Waals surface area (Å²) in [6, 6.07) is -3.54. The molecule has 0 aliphatic rings. The molecule has 0 heterocycles. The molecule has 0 aromatic heterocycles. The third-order valence-electron chi connectivity index (χ3n) is 3.60. The van der Waals surface area contributed by atoms with Gasteiger partial charge in [-0.05, 0) is 18.8 Å². The molecule has 3 unspecified atom stereocenters. The summed E-state index contributed by atoms with van der Waals surface area (Å²) in [5.41, 5.74) is 10.8. The molecule has 0 bridgehead atoms. The van der Waals surface area contributed by atoms with Gasteiger partial charge in [0.05, 0.1) is 12.6 Å². The summed E-state index contributed by atoms with van der Waals surface area (Å²) in [4.78, 5) is 57.9. The van der Waals surface area contributed by atoms with Crippen molar-refractivity contribution in [3.8, 4) is 0 Å². The first-order valence-corrected chi connectivity index (χ1v) is 8.72. The molecule has 3 atom stereocenters. The molecule has 28 heavy (non-hydrogen) atoms. The number of rotatable bonds is 13. The van der Waals surface area contributed by atoms with Gasteiger partial charge >= 0.3 is 5.97 Å². The van der Waals surface area contributed by atoms with E-state index in [9.17, 15) is 29.1 Å². The van der Waals surface area contributed by atoms with Crippen molar-refractivity contribution in [3.63, 3.8) is 0 Å². The SMILES string of the molecule is CC(C)CC(N)C(=O)NC(CCC(N)=O)C(=O)NC(CO)C(=O)NCC(=O)O. The largest absolute Gasteiger partial charge is 0.480 e. The van der Waals surface area contributed by atoms with Gasteiger partial charge in [0.15, 0.2) is 0 Å². The third-order valence-corrected chi connectivity index (χ3v) is 3.60. The van der Waals surface area contributed by atoms with Gasteiger partial charge in [-0.1, -0.05) is 13.8 Å². The summed E-state index contributed by atoms with van der Waals surface area (Å²) >= 11 is 0. The summed E-state index contributed by atoms with van der Waals surface area (Å²) < 4.78 is 0. The zero-order valence-electron chi connectivity index (χ0n) is 15.9. The van der Waals surface area contributed by atoms with Crippen molar-refractivity contribution in [2.75, 3.05) is 13.2 Å². The smallest absolute Gasteiger partial charge is 0.322 e. The first-order valence-electron chi connectivity index (χ1n) is 8.72. The van der Waals surface area contributed by atoms with Crippen LogP contribution in [0.1, 0.15) is 33.1 Å².